The molecule has 98 valence electrons. The predicted octanol–water partition coefficient (Wildman–Crippen LogP) is 0.965. The Hall–Kier alpha value is -2.24. The Balaban J connectivity index is 3.04. The van der Waals surface area contributed by atoms with Crippen molar-refractivity contribution >= 4 is 23.3 Å². The van der Waals surface area contributed by atoms with Gasteiger partial charge in [-0.3, -0.25) is 0 Å². The van der Waals surface area contributed by atoms with Crippen LogP contribution in [-0.2, 0) is 9.53 Å². The average Bonchev–Trinajstić information content (AvgIpc) is 2.28. The number of carboxylic acid groups (broad SMARTS) is 1. The third-order valence-corrected chi connectivity index (χ3v) is 2.35. The molecule has 0 aliphatic carbocycles. The van der Waals surface area contributed by atoms with Gasteiger partial charge in [-0.05, 0) is 25.1 Å². The van der Waals surface area contributed by atoms with Crippen LogP contribution in [0.2, 0.25) is 0 Å². The SMILES string of the molecule is CC(OC(=O)c1cc(N)ccc1N(C)C)C(=O)O. The summed E-state index contributed by atoms with van der Waals surface area (Å²) in [5, 5.41) is 8.70. The highest BCUT2D eigenvalue weighted by molar-refractivity contribution is 5.97. The first-order valence-electron chi connectivity index (χ1n) is 5.33. The summed E-state index contributed by atoms with van der Waals surface area (Å²) < 4.78 is 4.82. The Morgan fingerprint density at radius 1 is 1.39 bits per heavy atom. The molecule has 6 nitrogen and oxygen atoms in total. The summed E-state index contributed by atoms with van der Waals surface area (Å²) in [6.45, 7) is 1.29. The summed E-state index contributed by atoms with van der Waals surface area (Å²) in [5.74, 6) is -1.90. The van der Waals surface area contributed by atoms with E-state index in [-0.39, 0.29) is 5.56 Å². The van der Waals surface area contributed by atoms with Gasteiger partial charge in [-0.15, -0.1) is 0 Å². The van der Waals surface area contributed by atoms with E-state index in [1.54, 1.807) is 31.1 Å². The number of esters is 1. The van der Waals surface area contributed by atoms with Gasteiger partial charge >= 0.3 is 11.9 Å². The zero-order chi connectivity index (χ0) is 13.9. The van der Waals surface area contributed by atoms with Gasteiger partial charge in [-0.1, -0.05) is 0 Å². The van der Waals surface area contributed by atoms with E-state index in [9.17, 15) is 9.59 Å². The molecule has 0 aliphatic heterocycles. The van der Waals surface area contributed by atoms with Crippen molar-refractivity contribution in [2.24, 2.45) is 0 Å². The van der Waals surface area contributed by atoms with Crippen molar-refractivity contribution in [1.82, 2.24) is 0 Å². The van der Waals surface area contributed by atoms with Crippen LogP contribution in [0.3, 0.4) is 0 Å². The lowest BCUT2D eigenvalue weighted by molar-refractivity contribution is -0.146. The smallest absolute Gasteiger partial charge is 0.344 e. The standard InChI is InChI=1S/C12H16N2O4/c1-7(11(15)16)18-12(17)9-6-8(13)4-5-10(9)14(2)3/h4-7H,13H2,1-3H3,(H,15,16). The first-order valence-corrected chi connectivity index (χ1v) is 5.33. The second-order valence-corrected chi connectivity index (χ2v) is 4.06. The fourth-order valence-electron chi connectivity index (χ4n) is 1.38. The topological polar surface area (TPSA) is 92.9 Å². The van der Waals surface area contributed by atoms with Crippen molar-refractivity contribution in [3.05, 3.63) is 23.8 Å². The zero-order valence-electron chi connectivity index (χ0n) is 10.5. The van der Waals surface area contributed by atoms with Gasteiger partial charge in [-0.25, -0.2) is 9.59 Å². The molecular weight excluding hydrogens is 236 g/mol. The molecule has 6 heteroatoms. The summed E-state index contributed by atoms with van der Waals surface area (Å²) in [4.78, 5) is 24.2. The van der Waals surface area contributed by atoms with Crippen LogP contribution in [0.25, 0.3) is 0 Å². The maximum atomic E-state index is 11.9. The molecule has 1 atom stereocenters. The number of aliphatic carboxylic acids is 1. The molecule has 0 bridgehead atoms. The van der Waals surface area contributed by atoms with Gasteiger partial charge in [0, 0.05) is 19.8 Å². The highest BCUT2D eigenvalue weighted by atomic mass is 16.6. The molecule has 0 radical (unpaired) electrons. The molecule has 0 heterocycles. The maximum absolute atomic E-state index is 11.9. The van der Waals surface area contributed by atoms with E-state index >= 15 is 0 Å². The van der Waals surface area contributed by atoms with Crippen molar-refractivity contribution in [2.45, 2.75) is 13.0 Å². The third kappa shape index (κ3) is 3.13. The molecule has 0 saturated heterocycles. The van der Waals surface area contributed by atoms with E-state index in [1.807, 2.05) is 0 Å². The van der Waals surface area contributed by atoms with E-state index in [0.29, 0.717) is 11.4 Å². The van der Waals surface area contributed by atoms with Crippen LogP contribution in [0.4, 0.5) is 11.4 Å². The third-order valence-electron chi connectivity index (χ3n) is 2.35. The van der Waals surface area contributed by atoms with Crippen LogP contribution in [0, 0.1) is 0 Å². The number of carbonyl (C=O) groups excluding carboxylic acids is 1. The molecular formula is C12H16N2O4. The second-order valence-electron chi connectivity index (χ2n) is 4.06. The van der Waals surface area contributed by atoms with E-state index in [2.05, 4.69) is 0 Å². The Kier molecular flexibility index (Phi) is 4.14. The van der Waals surface area contributed by atoms with Gasteiger partial charge in [0.15, 0.2) is 6.10 Å². The van der Waals surface area contributed by atoms with Crippen LogP contribution in [-0.4, -0.2) is 37.2 Å². The molecule has 0 saturated carbocycles. The van der Waals surface area contributed by atoms with Crippen LogP contribution in [0.5, 0.6) is 0 Å². The summed E-state index contributed by atoms with van der Waals surface area (Å²) >= 11 is 0. The zero-order valence-corrected chi connectivity index (χ0v) is 10.5. The molecule has 0 aliphatic rings. The Morgan fingerprint density at radius 2 is 2.00 bits per heavy atom. The van der Waals surface area contributed by atoms with Gasteiger partial charge in [0.1, 0.15) is 0 Å². The number of nitrogens with two attached hydrogens (primary N) is 1. The fraction of sp³-hybridized carbons (Fsp3) is 0.333. The molecule has 1 rings (SSSR count). The normalized spacial score (nSPS) is 11.7. The van der Waals surface area contributed by atoms with Crippen LogP contribution >= 0.6 is 0 Å². The molecule has 0 spiro atoms. The van der Waals surface area contributed by atoms with Crippen molar-refractivity contribution in [2.75, 3.05) is 24.7 Å². The minimum absolute atomic E-state index is 0.244. The van der Waals surface area contributed by atoms with Gasteiger partial charge in [0.2, 0.25) is 0 Å². The van der Waals surface area contributed by atoms with Crippen LogP contribution < -0.4 is 10.6 Å². The number of ether oxygens (including phenoxy) is 1. The number of nitrogens with zero attached hydrogens (tertiary/aromatic N) is 1. The van der Waals surface area contributed by atoms with Gasteiger partial charge in [-0.2, -0.15) is 0 Å². The highest BCUT2D eigenvalue weighted by Gasteiger charge is 2.20. The maximum Gasteiger partial charge on any atom is 0.344 e. The number of hydrogen-bond donors (Lipinski definition) is 2. The van der Waals surface area contributed by atoms with E-state index in [1.165, 1.54) is 13.0 Å². The van der Waals surface area contributed by atoms with Crippen molar-refractivity contribution in [3.8, 4) is 0 Å². The largest absolute Gasteiger partial charge is 0.479 e. The number of carbonyl (C=O) groups is 2. The highest BCUT2D eigenvalue weighted by Crippen LogP contribution is 2.22. The monoisotopic (exact) mass is 252 g/mol. The average molecular weight is 252 g/mol. The Morgan fingerprint density at radius 3 is 2.50 bits per heavy atom. The lowest BCUT2D eigenvalue weighted by Gasteiger charge is -2.18. The number of hydrogen-bond acceptors (Lipinski definition) is 5. The van der Waals surface area contributed by atoms with Gasteiger partial charge in [0.25, 0.3) is 0 Å². The van der Waals surface area contributed by atoms with Gasteiger partial charge in [0.05, 0.1) is 11.3 Å². The minimum atomic E-state index is -1.20. The number of carboxylic acids is 1. The molecule has 18 heavy (non-hydrogen) atoms. The number of rotatable bonds is 4. The molecule has 0 aromatic heterocycles. The second kappa shape index (κ2) is 5.39. The molecule has 3 N–H and O–H groups in total. The number of benzene rings is 1. The lowest BCUT2D eigenvalue weighted by atomic mass is 10.1. The Labute approximate surface area is 105 Å². The summed E-state index contributed by atoms with van der Waals surface area (Å²) in [5.41, 5.74) is 6.89. The summed E-state index contributed by atoms with van der Waals surface area (Å²) in [7, 11) is 3.53. The Bertz CT molecular complexity index is 471. The first kappa shape index (κ1) is 13.8. The van der Waals surface area contributed by atoms with Crippen molar-refractivity contribution < 1.29 is 19.4 Å². The van der Waals surface area contributed by atoms with Crippen molar-refractivity contribution in [3.63, 3.8) is 0 Å². The van der Waals surface area contributed by atoms with E-state index < -0.39 is 18.0 Å². The summed E-state index contributed by atoms with van der Waals surface area (Å²) in [6, 6.07) is 4.80. The van der Waals surface area contributed by atoms with E-state index in [4.69, 9.17) is 15.6 Å². The van der Waals surface area contributed by atoms with Gasteiger partial charge < -0.3 is 20.5 Å². The minimum Gasteiger partial charge on any atom is -0.479 e. The van der Waals surface area contributed by atoms with Crippen LogP contribution in [0.1, 0.15) is 17.3 Å². The molecule has 0 amide bonds. The molecule has 1 unspecified atom stereocenters. The fourth-order valence-corrected chi connectivity index (χ4v) is 1.38. The first-order chi connectivity index (χ1) is 8.32. The number of nitrogen functional groups attached to an aromatic ring is 1. The molecule has 1 aromatic rings. The quantitative estimate of drug-likeness (QED) is 0.612. The molecule has 0 fully saturated rings. The summed E-state index contributed by atoms with van der Waals surface area (Å²) in [6.07, 6.45) is -1.20. The lowest BCUT2D eigenvalue weighted by Crippen LogP contribution is -2.25. The van der Waals surface area contributed by atoms with E-state index in [0.717, 1.165) is 0 Å². The predicted molar refractivity (Wildman–Crippen MR) is 67.7 cm³/mol. The van der Waals surface area contributed by atoms with Crippen LogP contribution in [0.15, 0.2) is 18.2 Å². The molecule has 1 aromatic carbocycles. The number of anilines is 2. The van der Waals surface area contributed by atoms with Crippen molar-refractivity contribution in [1.29, 1.82) is 0 Å².